The van der Waals surface area contributed by atoms with Crippen LogP contribution in [0, 0.1) is 0 Å². The van der Waals surface area contributed by atoms with Crippen molar-refractivity contribution in [3.8, 4) is 0 Å². The molecule has 0 amide bonds. The molecule has 0 radical (unpaired) electrons. The second-order valence-electron chi connectivity index (χ2n) is 3.56. The van der Waals surface area contributed by atoms with E-state index in [0.29, 0.717) is 0 Å². The van der Waals surface area contributed by atoms with E-state index < -0.39 is 0 Å². The smallest absolute Gasteiger partial charge is 0.0146 e. The zero-order valence-electron chi connectivity index (χ0n) is 9.60. The minimum Gasteiger partial charge on any atom is -0.157 e. The first kappa shape index (κ1) is 14.9. The molecular weight excluding hydrogens is 272 g/mol. The highest BCUT2D eigenvalue weighted by atomic mass is 32.2. The van der Waals surface area contributed by atoms with E-state index in [4.69, 9.17) is 0 Å². The molecule has 2 unspecified atom stereocenters. The first-order valence-corrected chi connectivity index (χ1v) is 9.74. The summed E-state index contributed by atoms with van der Waals surface area (Å²) >= 11 is 8.05. The zero-order chi connectivity index (χ0) is 11.6. The summed E-state index contributed by atoms with van der Waals surface area (Å²) in [7, 11) is 0. The summed E-state index contributed by atoms with van der Waals surface area (Å²) in [5.41, 5.74) is 0. The van der Waals surface area contributed by atoms with Gasteiger partial charge in [0.25, 0.3) is 0 Å². The molecule has 0 nitrogen and oxygen atoms in total. The van der Waals surface area contributed by atoms with E-state index in [1.54, 1.807) is 0 Å². The molecule has 0 bridgehead atoms. The Kier molecular flexibility index (Phi) is 9.21. The van der Waals surface area contributed by atoms with Gasteiger partial charge in [-0.25, -0.2) is 0 Å². The highest BCUT2D eigenvalue weighted by Gasteiger charge is 2.21. The van der Waals surface area contributed by atoms with Crippen LogP contribution >= 0.6 is 47.0 Å². The third-order valence-corrected chi connectivity index (χ3v) is 7.16. The van der Waals surface area contributed by atoms with Gasteiger partial charge in [0.15, 0.2) is 0 Å². The van der Waals surface area contributed by atoms with Gasteiger partial charge in [-0.3, -0.25) is 0 Å². The SMILES string of the molecule is C=CSCCC1CSC(CCSC=C)CS1. The summed E-state index contributed by atoms with van der Waals surface area (Å²) in [6.07, 6.45) is 2.67. The van der Waals surface area contributed by atoms with Gasteiger partial charge >= 0.3 is 0 Å². The summed E-state index contributed by atoms with van der Waals surface area (Å²) in [5, 5.41) is 5.66. The van der Waals surface area contributed by atoms with E-state index in [1.165, 1.54) is 35.9 Å². The lowest BCUT2D eigenvalue weighted by Gasteiger charge is -2.27. The van der Waals surface area contributed by atoms with Gasteiger partial charge in [0, 0.05) is 22.0 Å². The Labute approximate surface area is 117 Å². The van der Waals surface area contributed by atoms with Gasteiger partial charge in [0.05, 0.1) is 0 Å². The van der Waals surface area contributed by atoms with Crippen LogP contribution in [-0.4, -0.2) is 33.5 Å². The van der Waals surface area contributed by atoms with E-state index in [9.17, 15) is 0 Å². The highest BCUT2D eigenvalue weighted by molar-refractivity contribution is 8.07. The standard InChI is InChI=1S/C12H20S4/c1-3-13-7-5-11-9-16-12(10-15-11)6-8-14-4-2/h3-4,11-12H,1-2,5-10H2. The first-order chi connectivity index (χ1) is 7.86. The van der Waals surface area contributed by atoms with E-state index in [1.807, 2.05) is 34.3 Å². The van der Waals surface area contributed by atoms with Crippen LogP contribution < -0.4 is 0 Å². The molecule has 0 aliphatic carbocycles. The van der Waals surface area contributed by atoms with Crippen molar-refractivity contribution < 1.29 is 0 Å². The first-order valence-electron chi connectivity index (χ1n) is 5.55. The lowest BCUT2D eigenvalue weighted by atomic mass is 10.3. The molecule has 0 N–H and O–H groups in total. The van der Waals surface area contributed by atoms with E-state index >= 15 is 0 Å². The molecule has 1 rings (SSSR count). The minimum absolute atomic E-state index is 0.876. The average Bonchev–Trinajstić information content (AvgIpc) is 2.32. The molecule has 1 saturated heterocycles. The fraction of sp³-hybridized carbons (Fsp3) is 0.667. The predicted molar refractivity (Wildman–Crippen MR) is 87.0 cm³/mol. The van der Waals surface area contributed by atoms with E-state index in [0.717, 1.165) is 10.5 Å². The van der Waals surface area contributed by atoms with Crippen molar-refractivity contribution in [2.45, 2.75) is 23.3 Å². The van der Waals surface area contributed by atoms with Gasteiger partial charge in [-0.1, -0.05) is 13.2 Å². The van der Waals surface area contributed by atoms with Gasteiger partial charge in [-0.15, -0.1) is 23.5 Å². The summed E-state index contributed by atoms with van der Waals surface area (Å²) < 4.78 is 0. The predicted octanol–water partition coefficient (Wildman–Crippen LogP) is 4.74. The molecular formula is C12H20S4. The summed E-state index contributed by atoms with van der Waals surface area (Å²) in [4.78, 5) is 0. The summed E-state index contributed by atoms with van der Waals surface area (Å²) in [6.45, 7) is 7.48. The van der Waals surface area contributed by atoms with Gasteiger partial charge < -0.3 is 0 Å². The van der Waals surface area contributed by atoms with Crippen LogP contribution in [0.4, 0.5) is 0 Å². The maximum Gasteiger partial charge on any atom is 0.0146 e. The van der Waals surface area contributed by atoms with Crippen LogP contribution in [-0.2, 0) is 0 Å². The van der Waals surface area contributed by atoms with Crippen molar-refractivity contribution in [2.24, 2.45) is 0 Å². The topological polar surface area (TPSA) is 0 Å². The lowest BCUT2D eigenvalue weighted by Crippen LogP contribution is -2.22. The summed E-state index contributed by atoms with van der Waals surface area (Å²) in [5.74, 6) is 5.15. The Bertz CT molecular complexity index is 175. The minimum atomic E-state index is 0.876. The molecule has 0 saturated carbocycles. The Morgan fingerprint density at radius 2 is 1.38 bits per heavy atom. The molecule has 92 valence electrons. The van der Waals surface area contributed by atoms with Crippen LogP contribution in [0.15, 0.2) is 24.0 Å². The third kappa shape index (κ3) is 6.58. The van der Waals surface area contributed by atoms with Gasteiger partial charge in [0.1, 0.15) is 0 Å². The number of rotatable bonds is 8. The summed E-state index contributed by atoms with van der Waals surface area (Å²) in [6, 6.07) is 0. The second kappa shape index (κ2) is 9.86. The van der Waals surface area contributed by atoms with Gasteiger partial charge in [-0.2, -0.15) is 23.5 Å². The molecule has 4 heteroatoms. The molecule has 1 heterocycles. The van der Waals surface area contributed by atoms with Crippen molar-refractivity contribution in [3.05, 3.63) is 24.0 Å². The van der Waals surface area contributed by atoms with Crippen molar-refractivity contribution in [1.82, 2.24) is 0 Å². The van der Waals surface area contributed by atoms with Crippen molar-refractivity contribution in [1.29, 1.82) is 0 Å². The van der Waals surface area contributed by atoms with Crippen molar-refractivity contribution >= 4 is 47.0 Å². The highest BCUT2D eigenvalue weighted by Crippen LogP contribution is 2.34. The number of hydrogen-bond acceptors (Lipinski definition) is 4. The quantitative estimate of drug-likeness (QED) is 0.592. The fourth-order valence-corrected chi connectivity index (χ4v) is 6.07. The Balaban J connectivity index is 2.04. The lowest BCUT2D eigenvalue weighted by molar-refractivity contribution is 0.872. The van der Waals surface area contributed by atoms with Gasteiger partial charge in [-0.05, 0) is 35.2 Å². The molecule has 1 aliphatic rings. The van der Waals surface area contributed by atoms with Crippen molar-refractivity contribution in [3.63, 3.8) is 0 Å². The molecule has 0 spiro atoms. The van der Waals surface area contributed by atoms with Crippen LogP contribution in [0.2, 0.25) is 0 Å². The number of thioether (sulfide) groups is 4. The maximum absolute atomic E-state index is 3.74. The second-order valence-corrected chi connectivity index (χ2v) is 8.38. The Hall–Kier alpha value is 0.880. The van der Waals surface area contributed by atoms with E-state index in [-0.39, 0.29) is 0 Å². The van der Waals surface area contributed by atoms with Crippen molar-refractivity contribution in [2.75, 3.05) is 23.0 Å². The van der Waals surface area contributed by atoms with Crippen LogP contribution in [0.25, 0.3) is 0 Å². The third-order valence-electron chi connectivity index (χ3n) is 2.39. The average molecular weight is 293 g/mol. The van der Waals surface area contributed by atoms with Gasteiger partial charge in [0.2, 0.25) is 0 Å². The fourth-order valence-electron chi connectivity index (χ4n) is 1.48. The molecule has 0 aromatic heterocycles. The Morgan fingerprint density at radius 1 is 0.938 bits per heavy atom. The Morgan fingerprint density at radius 3 is 1.69 bits per heavy atom. The zero-order valence-corrected chi connectivity index (χ0v) is 12.9. The molecule has 2 atom stereocenters. The molecule has 1 fully saturated rings. The van der Waals surface area contributed by atoms with E-state index in [2.05, 4.69) is 36.7 Å². The maximum atomic E-state index is 3.74. The van der Waals surface area contributed by atoms with Crippen LogP contribution in [0.1, 0.15) is 12.8 Å². The molecule has 0 aromatic rings. The normalized spacial score (nSPS) is 25.2. The largest absolute Gasteiger partial charge is 0.157 e. The van der Waals surface area contributed by atoms with Crippen LogP contribution in [0.3, 0.4) is 0 Å². The number of hydrogen-bond donors (Lipinski definition) is 0. The molecule has 0 aromatic carbocycles. The molecule has 1 aliphatic heterocycles. The van der Waals surface area contributed by atoms with Crippen LogP contribution in [0.5, 0.6) is 0 Å². The molecule has 16 heavy (non-hydrogen) atoms. The monoisotopic (exact) mass is 292 g/mol.